The molecule has 1 atom stereocenters. The average molecular weight is 425 g/mol. The molecule has 2 amide bonds. The maximum Gasteiger partial charge on any atom is 0.322 e. The van der Waals surface area contributed by atoms with Crippen LogP contribution in [0.3, 0.4) is 0 Å². The smallest absolute Gasteiger partial charge is 0.322 e. The van der Waals surface area contributed by atoms with Crippen molar-refractivity contribution >= 4 is 11.7 Å². The molecule has 2 aromatic carbocycles. The van der Waals surface area contributed by atoms with Crippen LogP contribution >= 0.6 is 0 Å². The Morgan fingerprint density at radius 1 is 1.00 bits per heavy atom. The summed E-state index contributed by atoms with van der Waals surface area (Å²) >= 11 is 0. The number of hydrogen-bond acceptors (Lipinski definition) is 4. The van der Waals surface area contributed by atoms with Gasteiger partial charge in [-0.25, -0.2) is 9.18 Å². The molecule has 0 spiro atoms. The molecule has 0 aliphatic carbocycles. The first-order valence-electron chi connectivity index (χ1n) is 9.84. The van der Waals surface area contributed by atoms with Crippen LogP contribution in [0.1, 0.15) is 17.3 Å². The number of halogens is 1. The number of ether oxygens (including phenoxy) is 3. The molecule has 162 valence electrons. The molecule has 4 rings (SSSR count). The second kappa shape index (κ2) is 8.59. The number of nitrogens with zero attached hydrogens (tertiary/aromatic N) is 2. The molecule has 0 bridgehead atoms. The number of amides is 2. The lowest BCUT2D eigenvalue weighted by molar-refractivity contribution is 0.180. The van der Waals surface area contributed by atoms with Gasteiger partial charge in [0.25, 0.3) is 0 Å². The van der Waals surface area contributed by atoms with Crippen LogP contribution in [-0.2, 0) is 6.54 Å². The highest BCUT2D eigenvalue weighted by molar-refractivity contribution is 5.91. The fraction of sp³-hybridized carbons (Fsp3) is 0.261. The summed E-state index contributed by atoms with van der Waals surface area (Å²) < 4.78 is 32.8. The van der Waals surface area contributed by atoms with Gasteiger partial charge in [0.1, 0.15) is 11.9 Å². The minimum atomic E-state index is -0.549. The Balaban J connectivity index is 1.69. The van der Waals surface area contributed by atoms with E-state index in [0.717, 1.165) is 5.69 Å². The number of aromatic nitrogens is 1. The Bertz CT molecular complexity index is 1070. The summed E-state index contributed by atoms with van der Waals surface area (Å²) in [5.74, 6) is 0.932. The number of hydrogen-bond donors (Lipinski definition) is 1. The molecule has 0 saturated heterocycles. The first kappa shape index (κ1) is 20.6. The number of carbonyl (C=O) groups is 1. The quantitative estimate of drug-likeness (QED) is 0.662. The maximum atomic E-state index is 14.7. The van der Waals surface area contributed by atoms with Gasteiger partial charge in [0.15, 0.2) is 11.5 Å². The SMILES string of the molecule is COc1cc(NC(=O)N2CCn3cccc3[C@H]2c2ccccc2F)cc(OC)c1OC. The summed E-state index contributed by atoms with van der Waals surface area (Å²) in [6, 6.07) is 12.8. The normalized spacial score (nSPS) is 15.2. The van der Waals surface area contributed by atoms with Crippen molar-refractivity contribution in [1.29, 1.82) is 0 Å². The maximum absolute atomic E-state index is 14.7. The van der Waals surface area contributed by atoms with Crippen LogP contribution in [0.4, 0.5) is 14.9 Å². The van der Waals surface area contributed by atoms with Crippen molar-refractivity contribution in [3.05, 3.63) is 71.8 Å². The number of fused-ring (bicyclic) bond motifs is 1. The molecular formula is C23H24FN3O4. The molecule has 7 nitrogen and oxygen atoms in total. The van der Waals surface area contributed by atoms with E-state index < -0.39 is 6.04 Å². The first-order chi connectivity index (χ1) is 15.1. The Morgan fingerprint density at radius 2 is 1.71 bits per heavy atom. The number of carbonyl (C=O) groups excluding carboxylic acids is 1. The van der Waals surface area contributed by atoms with Gasteiger partial charge in [0, 0.05) is 42.7 Å². The molecule has 0 radical (unpaired) electrons. The van der Waals surface area contributed by atoms with E-state index in [1.165, 1.54) is 27.4 Å². The highest BCUT2D eigenvalue weighted by Gasteiger charge is 2.34. The first-order valence-corrected chi connectivity index (χ1v) is 9.84. The minimum Gasteiger partial charge on any atom is -0.493 e. The molecule has 2 heterocycles. The van der Waals surface area contributed by atoms with Crippen LogP contribution in [0.2, 0.25) is 0 Å². The molecule has 0 unspecified atom stereocenters. The summed E-state index contributed by atoms with van der Waals surface area (Å²) in [7, 11) is 4.53. The van der Waals surface area contributed by atoms with Gasteiger partial charge < -0.3 is 29.0 Å². The molecule has 0 fully saturated rings. The van der Waals surface area contributed by atoms with E-state index in [2.05, 4.69) is 5.32 Å². The fourth-order valence-corrected chi connectivity index (χ4v) is 3.97. The van der Waals surface area contributed by atoms with Crippen LogP contribution in [0.15, 0.2) is 54.7 Å². The van der Waals surface area contributed by atoms with E-state index in [1.807, 2.05) is 22.9 Å². The van der Waals surface area contributed by atoms with Crippen LogP contribution in [0.25, 0.3) is 0 Å². The van der Waals surface area contributed by atoms with Gasteiger partial charge in [-0.15, -0.1) is 0 Å². The van der Waals surface area contributed by atoms with E-state index >= 15 is 0 Å². The number of urea groups is 1. The van der Waals surface area contributed by atoms with Crippen molar-refractivity contribution in [3.8, 4) is 17.2 Å². The third kappa shape index (κ3) is 3.76. The van der Waals surface area contributed by atoms with E-state index in [9.17, 15) is 9.18 Å². The van der Waals surface area contributed by atoms with Gasteiger partial charge in [-0.1, -0.05) is 18.2 Å². The van der Waals surface area contributed by atoms with Crippen LogP contribution in [0.5, 0.6) is 17.2 Å². The van der Waals surface area contributed by atoms with Crippen LogP contribution < -0.4 is 19.5 Å². The van der Waals surface area contributed by atoms with Crippen molar-refractivity contribution < 1.29 is 23.4 Å². The third-order valence-corrected chi connectivity index (χ3v) is 5.41. The molecular weight excluding hydrogens is 401 g/mol. The minimum absolute atomic E-state index is 0.352. The second-order valence-electron chi connectivity index (χ2n) is 7.09. The fourth-order valence-electron chi connectivity index (χ4n) is 3.97. The van der Waals surface area contributed by atoms with E-state index in [1.54, 1.807) is 35.2 Å². The monoisotopic (exact) mass is 425 g/mol. The molecule has 0 saturated carbocycles. The standard InChI is InChI=1S/C23H24FN3O4/c1-29-19-13-15(14-20(30-2)22(19)31-3)25-23(28)27-12-11-26-10-6-9-18(26)21(27)16-7-4-5-8-17(16)24/h4-10,13-14,21H,11-12H2,1-3H3,(H,25,28)/t21-/m1/s1. The molecule has 1 aromatic heterocycles. The Morgan fingerprint density at radius 3 is 2.35 bits per heavy atom. The van der Waals surface area contributed by atoms with E-state index in [4.69, 9.17) is 14.2 Å². The zero-order valence-corrected chi connectivity index (χ0v) is 17.6. The number of methoxy groups -OCH3 is 3. The summed E-state index contributed by atoms with van der Waals surface area (Å²) in [6.07, 6.45) is 1.94. The molecule has 1 N–H and O–H groups in total. The number of anilines is 1. The lowest BCUT2D eigenvalue weighted by Gasteiger charge is -2.37. The number of nitrogens with one attached hydrogen (secondary N) is 1. The van der Waals surface area contributed by atoms with Crippen LogP contribution in [-0.4, -0.2) is 43.4 Å². The Kier molecular flexibility index (Phi) is 5.70. The van der Waals surface area contributed by atoms with E-state index in [0.29, 0.717) is 41.6 Å². The molecule has 31 heavy (non-hydrogen) atoms. The lowest BCUT2D eigenvalue weighted by atomic mass is 9.99. The zero-order valence-electron chi connectivity index (χ0n) is 17.6. The van der Waals surface area contributed by atoms with Gasteiger partial charge in [-0.2, -0.15) is 0 Å². The summed E-state index contributed by atoms with van der Waals surface area (Å²) in [5, 5.41) is 2.89. The van der Waals surface area contributed by atoms with Gasteiger partial charge >= 0.3 is 6.03 Å². The summed E-state index contributed by atoms with van der Waals surface area (Å²) in [5.41, 5.74) is 1.78. The van der Waals surface area contributed by atoms with Crippen LogP contribution in [0, 0.1) is 5.82 Å². The van der Waals surface area contributed by atoms with Gasteiger partial charge in [-0.05, 0) is 18.2 Å². The molecule has 8 heteroatoms. The highest BCUT2D eigenvalue weighted by atomic mass is 19.1. The molecule has 1 aliphatic rings. The van der Waals surface area contributed by atoms with Gasteiger partial charge in [0.2, 0.25) is 5.75 Å². The molecule has 1 aliphatic heterocycles. The number of benzene rings is 2. The lowest BCUT2D eigenvalue weighted by Crippen LogP contribution is -2.44. The Hall–Kier alpha value is -3.68. The molecule has 3 aromatic rings. The van der Waals surface area contributed by atoms with Gasteiger partial charge in [0.05, 0.1) is 27.0 Å². The Labute approximate surface area is 179 Å². The van der Waals surface area contributed by atoms with Crippen molar-refractivity contribution in [2.24, 2.45) is 0 Å². The average Bonchev–Trinajstić information content (AvgIpc) is 3.27. The topological polar surface area (TPSA) is 65.0 Å². The summed E-state index contributed by atoms with van der Waals surface area (Å²) in [4.78, 5) is 15.0. The van der Waals surface area contributed by atoms with Crippen molar-refractivity contribution in [3.63, 3.8) is 0 Å². The predicted molar refractivity (Wildman–Crippen MR) is 114 cm³/mol. The highest BCUT2D eigenvalue weighted by Crippen LogP contribution is 2.40. The van der Waals surface area contributed by atoms with Gasteiger partial charge in [-0.3, -0.25) is 0 Å². The predicted octanol–water partition coefficient (Wildman–Crippen LogP) is 4.29. The van der Waals surface area contributed by atoms with E-state index in [-0.39, 0.29) is 11.8 Å². The van der Waals surface area contributed by atoms with Crippen molar-refractivity contribution in [2.75, 3.05) is 33.2 Å². The largest absolute Gasteiger partial charge is 0.493 e. The number of rotatable bonds is 5. The van der Waals surface area contributed by atoms with Crippen molar-refractivity contribution in [1.82, 2.24) is 9.47 Å². The zero-order chi connectivity index (χ0) is 22.0. The summed E-state index contributed by atoms with van der Waals surface area (Å²) in [6.45, 7) is 1.05. The second-order valence-corrected chi connectivity index (χ2v) is 7.09. The van der Waals surface area contributed by atoms with Crippen molar-refractivity contribution in [2.45, 2.75) is 12.6 Å². The third-order valence-electron chi connectivity index (χ3n) is 5.41.